The molecular weight excluding hydrogens is 354 g/mol. The minimum Gasteiger partial charge on any atom is -0.481 e. The molecule has 1 heterocycles. The van der Waals surface area contributed by atoms with Gasteiger partial charge in [-0.1, -0.05) is 66.2 Å². The molecule has 118 valence electrons. The molecular formula is C19H18BrNO2. The predicted octanol–water partition coefficient (Wildman–Crippen LogP) is 5.35. The van der Waals surface area contributed by atoms with Gasteiger partial charge in [-0.3, -0.25) is 4.79 Å². The second-order valence-electron chi connectivity index (χ2n) is 5.95. The van der Waals surface area contributed by atoms with Gasteiger partial charge in [0.05, 0.1) is 12.1 Å². The van der Waals surface area contributed by atoms with Crippen LogP contribution >= 0.6 is 15.9 Å². The zero-order valence-electron chi connectivity index (χ0n) is 13.1. The molecule has 0 radical (unpaired) electrons. The molecule has 0 spiro atoms. The van der Waals surface area contributed by atoms with Gasteiger partial charge in [-0.05, 0) is 23.1 Å². The third kappa shape index (κ3) is 2.91. The second kappa shape index (κ2) is 6.20. The largest absolute Gasteiger partial charge is 0.481 e. The normalized spacial score (nSPS) is 11.3. The van der Waals surface area contributed by atoms with Crippen LogP contribution in [0.15, 0.2) is 46.9 Å². The fourth-order valence-corrected chi connectivity index (χ4v) is 3.49. The summed E-state index contributed by atoms with van der Waals surface area (Å²) in [6.45, 7) is 4.29. The van der Waals surface area contributed by atoms with Crippen molar-refractivity contribution in [3.05, 3.63) is 58.1 Å². The molecule has 3 rings (SSSR count). The summed E-state index contributed by atoms with van der Waals surface area (Å²) in [5, 5.41) is 10.3. The number of hydrogen-bond acceptors (Lipinski definition) is 1. The summed E-state index contributed by atoms with van der Waals surface area (Å²) in [5.41, 5.74) is 4.93. The number of carbonyl (C=O) groups is 1. The maximum absolute atomic E-state index is 11.4. The van der Waals surface area contributed by atoms with Gasteiger partial charge < -0.3 is 10.1 Å². The van der Waals surface area contributed by atoms with Crippen molar-refractivity contribution in [2.45, 2.75) is 26.2 Å². The maximum atomic E-state index is 11.4. The number of para-hydroxylation sites is 1. The van der Waals surface area contributed by atoms with E-state index < -0.39 is 5.97 Å². The van der Waals surface area contributed by atoms with Crippen LogP contribution in [0.2, 0.25) is 0 Å². The first-order valence-electron chi connectivity index (χ1n) is 7.59. The minimum atomic E-state index is -0.825. The monoisotopic (exact) mass is 371 g/mol. The molecule has 0 aliphatic carbocycles. The molecule has 23 heavy (non-hydrogen) atoms. The van der Waals surface area contributed by atoms with Crippen molar-refractivity contribution in [1.82, 2.24) is 4.98 Å². The zero-order chi connectivity index (χ0) is 16.6. The lowest BCUT2D eigenvalue weighted by atomic mass is 9.98. The van der Waals surface area contributed by atoms with Crippen molar-refractivity contribution in [2.75, 3.05) is 0 Å². The summed E-state index contributed by atoms with van der Waals surface area (Å²) < 4.78 is 0.948. The standard InChI is InChI=1S/C19H18BrNO2/c1-11(2)12-7-5-8-13-15(10-17(22)23)19(21-18(12)13)14-6-3-4-9-16(14)20/h3-9,11,21H,10H2,1-2H3,(H,22,23). The number of H-pyrrole nitrogens is 1. The summed E-state index contributed by atoms with van der Waals surface area (Å²) >= 11 is 3.57. The van der Waals surface area contributed by atoms with Crippen LogP contribution in [0.25, 0.3) is 22.2 Å². The van der Waals surface area contributed by atoms with Gasteiger partial charge >= 0.3 is 5.97 Å². The third-order valence-electron chi connectivity index (χ3n) is 4.07. The van der Waals surface area contributed by atoms with Crippen molar-refractivity contribution in [3.8, 4) is 11.3 Å². The van der Waals surface area contributed by atoms with Crippen LogP contribution in [0.4, 0.5) is 0 Å². The Bertz CT molecular complexity index is 880. The molecule has 2 N–H and O–H groups in total. The molecule has 0 atom stereocenters. The lowest BCUT2D eigenvalue weighted by molar-refractivity contribution is -0.136. The minimum absolute atomic E-state index is 0.00177. The predicted molar refractivity (Wildman–Crippen MR) is 96.9 cm³/mol. The van der Waals surface area contributed by atoms with Crippen LogP contribution in [0, 0.1) is 0 Å². The highest BCUT2D eigenvalue weighted by atomic mass is 79.9. The van der Waals surface area contributed by atoms with E-state index in [0.29, 0.717) is 5.92 Å². The van der Waals surface area contributed by atoms with Crippen molar-refractivity contribution in [1.29, 1.82) is 0 Å². The van der Waals surface area contributed by atoms with Crippen molar-refractivity contribution in [2.24, 2.45) is 0 Å². The molecule has 0 aliphatic heterocycles. The van der Waals surface area contributed by atoms with Gasteiger partial charge in [0.15, 0.2) is 0 Å². The number of halogens is 1. The molecule has 0 saturated heterocycles. The number of benzene rings is 2. The van der Waals surface area contributed by atoms with Crippen molar-refractivity contribution >= 4 is 32.8 Å². The van der Waals surface area contributed by atoms with E-state index in [0.717, 1.165) is 32.2 Å². The average Bonchev–Trinajstić information content (AvgIpc) is 2.85. The summed E-state index contributed by atoms with van der Waals surface area (Å²) in [6.07, 6.45) is -0.00177. The van der Waals surface area contributed by atoms with E-state index in [1.807, 2.05) is 36.4 Å². The summed E-state index contributed by atoms with van der Waals surface area (Å²) in [7, 11) is 0. The number of fused-ring (bicyclic) bond motifs is 1. The maximum Gasteiger partial charge on any atom is 0.307 e. The highest BCUT2D eigenvalue weighted by Gasteiger charge is 2.19. The van der Waals surface area contributed by atoms with Gasteiger partial charge in [-0.2, -0.15) is 0 Å². The Hall–Kier alpha value is -2.07. The molecule has 0 unspecified atom stereocenters. The molecule has 0 aliphatic rings. The van der Waals surface area contributed by atoms with Crippen LogP contribution in [0.1, 0.15) is 30.9 Å². The zero-order valence-corrected chi connectivity index (χ0v) is 14.6. The first-order chi connectivity index (χ1) is 11.0. The molecule has 1 aromatic heterocycles. The van der Waals surface area contributed by atoms with E-state index in [4.69, 9.17) is 0 Å². The van der Waals surface area contributed by atoms with Crippen LogP contribution in [0.3, 0.4) is 0 Å². The van der Waals surface area contributed by atoms with E-state index in [9.17, 15) is 9.90 Å². The molecule has 0 fully saturated rings. The Morgan fingerprint density at radius 1 is 1.17 bits per heavy atom. The highest BCUT2D eigenvalue weighted by Crippen LogP contribution is 2.37. The van der Waals surface area contributed by atoms with Gasteiger partial charge in [-0.15, -0.1) is 0 Å². The number of aromatic amines is 1. The van der Waals surface area contributed by atoms with E-state index in [1.165, 1.54) is 5.56 Å². The first-order valence-corrected chi connectivity index (χ1v) is 8.38. The van der Waals surface area contributed by atoms with Crippen LogP contribution < -0.4 is 0 Å². The Kier molecular flexibility index (Phi) is 4.26. The lowest BCUT2D eigenvalue weighted by Gasteiger charge is -2.06. The number of carboxylic acids is 1. The quantitative estimate of drug-likeness (QED) is 0.649. The van der Waals surface area contributed by atoms with Crippen LogP contribution in [0.5, 0.6) is 0 Å². The van der Waals surface area contributed by atoms with Crippen molar-refractivity contribution < 1.29 is 9.90 Å². The van der Waals surface area contributed by atoms with Crippen LogP contribution in [-0.4, -0.2) is 16.1 Å². The molecule has 0 bridgehead atoms. The van der Waals surface area contributed by atoms with E-state index in [-0.39, 0.29) is 6.42 Å². The van der Waals surface area contributed by atoms with Gasteiger partial charge in [0.2, 0.25) is 0 Å². The lowest BCUT2D eigenvalue weighted by Crippen LogP contribution is -2.01. The van der Waals surface area contributed by atoms with Crippen LogP contribution in [-0.2, 0) is 11.2 Å². The fraction of sp³-hybridized carbons (Fsp3) is 0.211. The smallest absolute Gasteiger partial charge is 0.307 e. The Labute approximate surface area is 143 Å². The number of nitrogens with one attached hydrogen (secondary N) is 1. The molecule has 2 aromatic carbocycles. The third-order valence-corrected chi connectivity index (χ3v) is 4.76. The summed E-state index contributed by atoms with van der Waals surface area (Å²) in [5.74, 6) is -0.462. The highest BCUT2D eigenvalue weighted by molar-refractivity contribution is 9.10. The Morgan fingerprint density at radius 3 is 2.57 bits per heavy atom. The SMILES string of the molecule is CC(C)c1cccc2c(CC(=O)O)c(-c3ccccc3Br)[nH]c12. The molecule has 3 nitrogen and oxygen atoms in total. The van der Waals surface area contributed by atoms with Gasteiger partial charge in [-0.25, -0.2) is 0 Å². The van der Waals surface area contributed by atoms with Crippen molar-refractivity contribution in [3.63, 3.8) is 0 Å². The molecule has 0 amide bonds. The number of carboxylic acid groups (broad SMARTS) is 1. The topological polar surface area (TPSA) is 53.1 Å². The average molecular weight is 372 g/mol. The molecule has 3 aromatic rings. The Balaban J connectivity index is 2.34. The number of rotatable bonds is 4. The fourth-order valence-electron chi connectivity index (χ4n) is 3.01. The van der Waals surface area contributed by atoms with Gasteiger partial charge in [0.25, 0.3) is 0 Å². The van der Waals surface area contributed by atoms with Gasteiger partial charge in [0.1, 0.15) is 0 Å². The molecule has 4 heteroatoms. The number of hydrogen-bond donors (Lipinski definition) is 2. The van der Waals surface area contributed by atoms with E-state index >= 15 is 0 Å². The van der Waals surface area contributed by atoms with Gasteiger partial charge in [0, 0.05) is 20.9 Å². The Morgan fingerprint density at radius 2 is 1.91 bits per heavy atom. The summed E-state index contributed by atoms with van der Waals surface area (Å²) in [6, 6.07) is 14.0. The first kappa shape index (κ1) is 15.8. The number of aromatic nitrogens is 1. The van der Waals surface area contributed by atoms with E-state index in [2.05, 4.69) is 40.8 Å². The van der Waals surface area contributed by atoms with E-state index in [1.54, 1.807) is 0 Å². The second-order valence-corrected chi connectivity index (χ2v) is 6.81. The number of aliphatic carboxylic acids is 1. The summed E-state index contributed by atoms with van der Waals surface area (Å²) in [4.78, 5) is 14.9. The molecule has 0 saturated carbocycles.